The van der Waals surface area contributed by atoms with Crippen LogP contribution in [0.1, 0.15) is 31.7 Å². The molecule has 0 aliphatic carbocycles. The molecule has 1 aromatic heterocycles. The highest BCUT2D eigenvalue weighted by Crippen LogP contribution is 2.27. The molecule has 1 aromatic carbocycles. The van der Waals surface area contributed by atoms with E-state index < -0.39 is 0 Å². The Hall–Kier alpha value is -1.20. The van der Waals surface area contributed by atoms with E-state index in [0.29, 0.717) is 23.7 Å². The molecule has 21 heavy (non-hydrogen) atoms. The molecule has 1 unspecified atom stereocenters. The first-order chi connectivity index (χ1) is 9.99. The van der Waals surface area contributed by atoms with Crippen molar-refractivity contribution in [1.29, 1.82) is 0 Å². The van der Waals surface area contributed by atoms with Crippen LogP contribution in [0.3, 0.4) is 0 Å². The van der Waals surface area contributed by atoms with E-state index in [9.17, 15) is 0 Å². The number of likely N-dealkylation sites (N-methyl/N-ethyl adjacent to an activating group) is 1. The quantitative estimate of drug-likeness (QED) is 0.854. The molecule has 0 amide bonds. The van der Waals surface area contributed by atoms with Crippen molar-refractivity contribution in [3.8, 4) is 11.4 Å². The fraction of sp³-hybridized carbons (Fsp3) is 0.500. The summed E-state index contributed by atoms with van der Waals surface area (Å²) < 4.78 is 6.38. The van der Waals surface area contributed by atoms with Gasteiger partial charge in [0.15, 0.2) is 0 Å². The second-order valence-corrected chi connectivity index (χ2v) is 6.67. The van der Waals surface area contributed by atoms with Crippen molar-refractivity contribution in [1.82, 2.24) is 15.5 Å². The Morgan fingerprint density at radius 1 is 1.33 bits per heavy atom. The van der Waals surface area contributed by atoms with E-state index >= 15 is 0 Å². The second kappa shape index (κ2) is 7.18. The van der Waals surface area contributed by atoms with E-state index in [0.717, 1.165) is 22.9 Å². The molecule has 1 atom stereocenters. The van der Waals surface area contributed by atoms with Crippen molar-refractivity contribution in [2.24, 2.45) is 5.92 Å². The molecule has 0 radical (unpaired) electrons. The van der Waals surface area contributed by atoms with Crippen LogP contribution in [0.25, 0.3) is 11.4 Å². The van der Waals surface area contributed by atoms with Gasteiger partial charge in [-0.05, 0) is 44.0 Å². The third-order valence-electron chi connectivity index (χ3n) is 3.42. The van der Waals surface area contributed by atoms with Crippen molar-refractivity contribution in [3.63, 3.8) is 0 Å². The third-order valence-corrected chi connectivity index (χ3v) is 4.07. The zero-order valence-corrected chi connectivity index (χ0v) is 14.6. The predicted molar refractivity (Wildman–Crippen MR) is 88.2 cm³/mol. The van der Waals surface area contributed by atoms with Gasteiger partial charge in [-0.3, -0.25) is 0 Å². The minimum Gasteiger partial charge on any atom is -0.339 e. The molecular formula is C16H22BrN3O. The van der Waals surface area contributed by atoms with Gasteiger partial charge in [0.1, 0.15) is 0 Å². The van der Waals surface area contributed by atoms with Crippen LogP contribution in [0, 0.1) is 12.8 Å². The highest BCUT2D eigenvalue weighted by molar-refractivity contribution is 9.10. The normalized spacial score (nSPS) is 12.9. The monoisotopic (exact) mass is 351 g/mol. The van der Waals surface area contributed by atoms with Crippen LogP contribution in [0.5, 0.6) is 0 Å². The zero-order chi connectivity index (χ0) is 15.4. The highest BCUT2D eigenvalue weighted by atomic mass is 79.9. The summed E-state index contributed by atoms with van der Waals surface area (Å²) in [4.78, 5) is 4.52. The molecule has 2 rings (SSSR count). The van der Waals surface area contributed by atoms with Crippen molar-refractivity contribution in [3.05, 3.63) is 34.1 Å². The Labute approximate surface area is 134 Å². The lowest BCUT2D eigenvalue weighted by atomic mass is 10.0. The molecule has 2 aromatic rings. The van der Waals surface area contributed by atoms with Gasteiger partial charge < -0.3 is 9.84 Å². The van der Waals surface area contributed by atoms with Crippen LogP contribution in [0.15, 0.2) is 27.2 Å². The van der Waals surface area contributed by atoms with E-state index in [1.165, 1.54) is 5.56 Å². The first kappa shape index (κ1) is 16.2. The number of hydrogen-bond acceptors (Lipinski definition) is 4. The highest BCUT2D eigenvalue weighted by Gasteiger charge is 2.16. The Morgan fingerprint density at radius 3 is 2.71 bits per heavy atom. The Morgan fingerprint density at radius 2 is 2.10 bits per heavy atom. The van der Waals surface area contributed by atoms with Crippen LogP contribution in [-0.4, -0.2) is 23.2 Å². The molecule has 1 N–H and O–H groups in total. The molecule has 0 fully saturated rings. The van der Waals surface area contributed by atoms with E-state index in [1.54, 1.807) is 0 Å². The third kappa shape index (κ3) is 4.38. The van der Waals surface area contributed by atoms with Gasteiger partial charge in [0.25, 0.3) is 0 Å². The molecule has 0 saturated heterocycles. The number of aromatic nitrogens is 2. The lowest BCUT2D eigenvalue weighted by molar-refractivity contribution is 0.345. The average molecular weight is 352 g/mol. The molecule has 5 heteroatoms. The summed E-state index contributed by atoms with van der Waals surface area (Å²) in [5.74, 6) is 1.95. The van der Waals surface area contributed by atoms with Gasteiger partial charge in [0.05, 0.1) is 0 Å². The van der Waals surface area contributed by atoms with E-state index in [-0.39, 0.29) is 0 Å². The van der Waals surface area contributed by atoms with E-state index in [4.69, 9.17) is 4.52 Å². The summed E-state index contributed by atoms with van der Waals surface area (Å²) in [6.45, 7) is 6.49. The molecule has 0 saturated carbocycles. The van der Waals surface area contributed by atoms with Gasteiger partial charge in [0, 0.05) is 22.5 Å². The largest absolute Gasteiger partial charge is 0.339 e. The first-order valence-corrected chi connectivity index (χ1v) is 8.05. The SMILES string of the molecule is CNC(Cc1nc(-c2ccc(C)cc2Br)no1)CC(C)C. The molecule has 1 heterocycles. The predicted octanol–water partition coefficient (Wildman–Crippen LogP) is 3.98. The van der Waals surface area contributed by atoms with Crippen LogP contribution in [-0.2, 0) is 6.42 Å². The van der Waals surface area contributed by atoms with Gasteiger partial charge in [0.2, 0.25) is 11.7 Å². The second-order valence-electron chi connectivity index (χ2n) is 5.81. The molecule has 114 valence electrons. The maximum absolute atomic E-state index is 5.40. The van der Waals surface area contributed by atoms with E-state index in [1.807, 2.05) is 19.2 Å². The molecule has 0 aliphatic rings. The number of aryl methyl sites for hydroxylation is 1. The molecular weight excluding hydrogens is 330 g/mol. The minimum absolute atomic E-state index is 0.361. The fourth-order valence-electron chi connectivity index (χ4n) is 2.33. The molecule has 0 aliphatic heterocycles. The van der Waals surface area contributed by atoms with Crippen molar-refractivity contribution in [2.45, 2.75) is 39.7 Å². The number of nitrogens with one attached hydrogen (secondary N) is 1. The summed E-state index contributed by atoms with van der Waals surface area (Å²) in [6, 6.07) is 6.48. The maximum atomic E-state index is 5.40. The van der Waals surface area contributed by atoms with Crippen molar-refractivity contribution >= 4 is 15.9 Å². The lowest BCUT2D eigenvalue weighted by Crippen LogP contribution is -2.29. The van der Waals surface area contributed by atoms with Gasteiger partial charge in [-0.15, -0.1) is 0 Å². The number of benzene rings is 1. The summed E-state index contributed by atoms with van der Waals surface area (Å²) >= 11 is 3.56. The first-order valence-electron chi connectivity index (χ1n) is 7.26. The number of nitrogens with zero attached hydrogens (tertiary/aromatic N) is 2. The molecule has 0 spiro atoms. The Balaban J connectivity index is 2.14. The number of halogens is 1. The summed E-state index contributed by atoms with van der Waals surface area (Å²) in [7, 11) is 1.97. The Kier molecular flexibility index (Phi) is 5.53. The van der Waals surface area contributed by atoms with Crippen molar-refractivity contribution in [2.75, 3.05) is 7.05 Å². The lowest BCUT2D eigenvalue weighted by Gasteiger charge is -2.15. The topological polar surface area (TPSA) is 51.0 Å². The zero-order valence-electron chi connectivity index (χ0n) is 13.0. The average Bonchev–Trinajstić information content (AvgIpc) is 2.85. The number of hydrogen-bond donors (Lipinski definition) is 1. The number of rotatable bonds is 6. The Bertz CT molecular complexity index is 595. The summed E-state index contributed by atoms with van der Waals surface area (Å²) in [5, 5.41) is 7.41. The fourth-order valence-corrected chi connectivity index (χ4v) is 3.00. The van der Waals surface area contributed by atoms with Crippen LogP contribution in [0.2, 0.25) is 0 Å². The maximum Gasteiger partial charge on any atom is 0.228 e. The molecule has 0 bridgehead atoms. The molecule has 4 nitrogen and oxygen atoms in total. The minimum atomic E-state index is 0.361. The van der Waals surface area contributed by atoms with Crippen LogP contribution >= 0.6 is 15.9 Å². The summed E-state index contributed by atoms with van der Waals surface area (Å²) in [5.41, 5.74) is 2.15. The van der Waals surface area contributed by atoms with Gasteiger partial charge in [-0.1, -0.05) is 41.0 Å². The standard InChI is InChI=1S/C16H22BrN3O/c1-10(2)7-12(18-4)9-15-19-16(20-21-15)13-6-5-11(3)8-14(13)17/h5-6,8,10,12,18H,7,9H2,1-4H3. The van der Waals surface area contributed by atoms with E-state index in [2.05, 4.69) is 58.2 Å². The van der Waals surface area contributed by atoms with Gasteiger partial charge in [-0.2, -0.15) is 4.98 Å². The smallest absolute Gasteiger partial charge is 0.228 e. The summed E-state index contributed by atoms with van der Waals surface area (Å²) in [6.07, 6.45) is 1.84. The van der Waals surface area contributed by atoms with Crippen LogP contribution < -0.4 is 5.32 Å². The van der Waals surface area contributed by atoms with Crippen LogP contribution in [0.4, 0.5) is 0 Å². The van der Waals surface area contributed by atoms with Gasteiger partial charge >= 0.3 is 0 Å². The van der Waals surface area contributed by atoms with Crippen molar-refractivity contribution < 1.29 is 4.52 Å². The van der Waals surface area contributed by atoms with Gasteiger partial charge in [-0.25, -0.2) is 0 Å².